The van der Waals surface area contributed by atoms with E-state index in [-0.39, 0.29) is 6.04 Å². The van der Waals surface area contributed by atoms with E-state index in [9.17, 15) is 0 Å². The van der Waals surface area contributed by atoms with Gasteiger partial charge in [0, 0.05) is 30.2 Å². The maximum absolute atomic E-state index is 6.35. The van der Waals surface area contributed by atoms with E-state index in [0.29, 0.717) is 6.04 Å². The molecule has 2 atom stereocenters. The minimum absolute atomic E-state index is 0.152. The van der Waals surface area contributed by atoms with Crippen molar-refractivity contribution in [1.29, 1.82) is 0 Å². The fourth-order valence-corrected chi connectivity index (χ4v) is 3.62. The molecule has 1 saturated heterocycles. The number of rotatable bonds is 3. The van der Waals surface area contributed by atoms with Crippen LogP contribution in [0.4, 0.5) is 0 Å². The molecule has 2 unspecified atom stereocenters. The Bertz CT molecular complexity index is 579. The topological polar surface area (TPSA) is 34.2 Å². The Morgan fingerprint density at radius 2 is 1.80 bits per heavy atom. The Morgan fingerprint density at radius 1 is 1.10 bits per heavy atom. The Kier molecular flexibility index (Phi) is 3.81. The predicted octanol–water partition coefficient (Wildman–Crippen LogP) is 3.05. The molecular formula is C17H25N3. The van der Waals surface area contributed by atoms with Gasteiger partial charge in [0.2, 0.25) is 0 Å². The van der Waals surface area contributed by atoms with Gasteiger partial charge in [-0.05, 0) is 44.5 Å². The molecule has 108 valence electrons. The third-order valence-corrected chi connectivity index (χ3v) is 4.53. The molecule has 0 saturated carbocycles. The first-order valence-electron chi connectivity index (χ1n) is 7.72. The van der Waals surface area contributed by atoms with Crippen LogP contribution in [0.2, 0.25) is 0 Å². The van der Waals surface area contributed by atoms with E-state index in [2.05, 4.69) is 53.9 Å². The van der Waals surface area contributed by atoms with Gasteiger partial charge in [-0.25, -0.2) is 0 Å². The van der Waals surface area contributed by atoms with Crippen LogP contribution in [0.1, 0.15) is 37.8 Å². The van der Waals surface area contributed by atoms with Crippen molar-refractivity contribution >= 4 is 10.9 Å². The smallest absolute Gasteiger partial charge is 0.0517 e. The molecule has 1 aliphatic heterocycles. The number of piperidine rings is 1. The quantitative estimate of drug-likeness (QED) is 0.931. The number of nitrogens with zero attached hydrogens (tertiary/aromatic N) is 2. The van der Waals surface area contributed by atoms with Crippen LogP contribution in [0.5, 0.6) is 0 Å². The second-order valence-corrected chi connectivity index (χ2v) is 6.11. The Morgan fingerprint density at radius 3 is 2.50 bits per heavy atom. The molecule has 2 heterocycles. The number of hydrogen-bond donors (Lipinski definition) is 1. The van der Waals surface area contributed by atoms with Crippen molar-refractivity contribution in [1.82, 2.24) is 9.47 Å². The molecule has 3 heteroatoms. The molecule has 0 bridgehead atoms. The summed E-state index contributed by atoms with van der Waals surface area (Å²) in [4.78, 5) is 2.58. The summed E-state index contributed by atoms with van der Waals surface area (Å²) >= 11 is 0. The van der Waals surface area contributed by atoms with Gasteiger partial charge >= 0.3 is 0 Å². The molecular weight excluding hydrogens is 246 g/mol. The van der Waals surface area contributed by atoms with E-state index in [1.165, 1.54) is 48.8 Å². The van der Waals surface area contributed by atoms with Crippen LogP contribution in [-0.4, -0.2) is 28.6 Å². The number of para-hydroxylation sites is 1. The largest absolute Gasteiger partial charge is 0.350 e. The first-order valence-corrected chi connectivity index (χ1v) is 7.72. The van der Waals surface area contributed by atoms with Crippen LogP contribution in [0, 0.1) is 0 Å². The van der Waals surface area contributed by atoms with Gasteiger partial charge in [0.1, 0.15) is 0 Å². The minimum atomic E-state index is 0.152. The molecule has 0 spiro atoms. The molecule has 1 aromatic heterocycles. The molecule has 1 aliphatic rings. The van der Waals surface area contributed by atoms with Gasteiger partial charge < -0.3 is 10.3 Å². The van der Waals surface area contributed by atoms with Gasteiger partial charge in [0.05, 0.1) is 6.04 Å². The van der Waals surface area contributed by atoms with Gasteiger partial charge in [0.25, 0.3) is 0 Å². The average Bonchev–Trinajstić information content (AvgIpc) is 2.78. The van der Waals surface area contributed by atoms with Crippen molar-refractivity contribution in [3.8, 4) is 0 Å². The molecule has 0 aliphatic carbocycles. The van der Waals surface area contributed by atoms with Crippen molar-refractivity contribution in [3.63, 3.8) is 0 Å². The standard InChI is InChI=1S/C17H25N3/c1-13(18)17(20-10-6-3-7-11-20)15-12-19(2)16-9-5-4-8-14(15)16/h4-5,8-9,12-13,17H,3,6-7,10-11,18H2,1-2H3. The van der Waals surface area contributed by atoms with Gasteiger partial charge in [-0.15, -0.1) is 0 Å². The van der Waals surface area contributed by atoms with E-state index in [0.717, 1.165) is 0 Å². The fraction of sp³-hybridized carbons (Fsp3) is 0.529. The van der Waals surface area contributed by atoms with Crippen LogP contribution in [-0.2, 0) is 7.05 Å². The normalized spacial score (nSPS) is 20.1. The molecule has 2 N–H and O–H groups in total. The number of fused-ring (bicyclic) bond motifs is 1. The Balaban J connectivity index is 2.05. The highest BCUT2D eigenvalue weighted by molar-refractivity contribution is 5.84. The first kappa shape index (κ1) is 13.7. The third kappa shape index (κ3) is 2.36. The highest BCUT2D eigenvalue weighted by Gasteiger charge is 2.27. The summed E-state index contributed by atoms with van der Waals surface area (Å²) in [7, 11) is 2.13. The zero-order valence-corrected chi connectivity index (χ0v) is 12.5. The monoisotopic (exact) mass is 271 g/mol. The summed E-state index contributed by atoms with van der Waals surface area (Å²) in [6.07, 6.45) is 6.23. The lowest BCUT2D eigenvalue weighted by Crippen LogP contribution is -2.42. The fourth-order valence-electron chi connectivity index (χ4n) is 3.62. The molecule has 20 heavy (non-hydrogen) atoms. The second kappa shape index (κ2) is 5.58. The Labute approximate surface area is 121 Å². The van der Waals surface area contributed by atoms with Gasteiger partial charge in [-0.1, -0.05) is 24.6 Å². The summed E-state index contributed by atoms with van der Waals surface area (Å²) in [5.74, 6) is 0. The van der Waals surface area contributed by atoms with Crippen LogP contribution < -0.4 is 5.73 Å². The minimum Gasteiger partial charge on any atom is -0.350 e. The highest BCUT2D eigenvalue weighted by atomic mass is 15.2. The number of aryl methyl sites for hydroxylation is 1. The lowest BCUT2D eigenvalue weighted by atomic mass is 9.96. The van der Waals surface area contributed by atoms with Gasteiger partial charge in [0.15, 0.2) is 0 Å². The summed E-state index contributed by atoms with van der Waals surface area (Å²) < 4.78 is 2.23. The number of aromatic nitrogens is 1. The maximum atomic E-state index is 6.35. The van der Waals surface area contributed by atoms with Crippen molar-refractivity contribution in [2.45, 2.75) is 38.3 Å². The van der Waals surface area contributed by atoms with E-state index in [1.807, 2.05) is 0 Å². The zero-order valence-electron chi connectivity index (χ0n) is 12.5. The van der Waals surface area contributed by atoms with Crippen LogP contribution in [0.15, 0.2) is 30.5 Å². The van der Waals surface area contributed by atoms with Crippen molar-refractivity contribution in [2.24, 2.45) is 12.8 Å². The summed E-state index contributed by atoms with van der Waals surface area (Å²) in [6.45, 7) is 4.49. The molecule has 1 fully saturated rings. The number of hydrogen-bond acceptors (Lipinski definition) is 2. The van der Waals surface area contributed by atoms with Gasteiger partial charge in [-0.2, -0.15) is 0 Å². The molecule has 0 radical (unpaired) electrons. The molecule has 3 rings (SSSR count). The molecule has 0 amide bonds. The summed E-state index contributed by atoms with van der Waals surface area (Å²) in [5, 5.41) is 1.35. The highest BCUT2D eigenvalue weighted by Crippen LogP contribution is 2.33. The average molecular weight is 271 g/mol. The maximum Gasteiger partial charge on any atom is 0.0517 e. The number of likely N-dealkylation sites (tertiary alicyclic amines) is 1. The van der Waals surface area contributed by atoms with Gasteiger partial charge in [-0.3, -0.25) is 4.90 Å². The van der Waals surface area contributed by atoms with Crippen LogP contribution >= 0.6 is 0 Å². The van der Waals surface area contributed by atoms with E-state index >= 15 is 0 Å². The Hall–Kier alpha value is -1.32. The summed E-state index contributed by atoms with van der Waals surface area (Å²) in [6, 6.07) is 9.13. The molecule has 3 nitrogen and oxygen atoms in total. The lowest BCUT2D eigenvalue weighted by molar-refractivity contribution is 0.147. The second-order valence-electron chi connectivity index (χ2n) is 6.11. The SMILES string of the molecule is CC(N)C(c1cn(C)c2ccccc12)N1CCCCC1. The van der Waals surface area contributed by atoms with Crippen LogP contribution in [0.25, 0.3) is 10.9 Å². The van der Waals surface area contributed by atoms with E-state index < -0.39 is 0 Å². The van der Waals surface area contributed by atoms with Crippen molar-refractivity contribution in [3.05, 3.63) is 36.0 Å². The zero-order chi connectivity index (χ0) is 14.1. The molecule has 1 aromatic carbocycles. The number of benzene rings is 1. The van der Waals surface area contributed by atoms with Crippen LogP contribution in [0.3, 0.4) is 0 Å². The van der Waals surface area contributed by atoms with E-state index in [1.54, 1.807) is 0 Å². The van der Waals surface area contributed by atoms with E-state index in [4.69, 9.17) is 5.73 Å². The predicted molar refractivity (Wildman–Crippen MR) is 84.7 cm³/mol. The summed E-state index contributed by atoms with van der Waals surface area (Å²) in [5.41, 5.74) is 9.03. The van der Waals surface area contributed by atoms with Crippen molar-refractivity contribution in [2.75, 3.05) is 13.1 Å². The number of nitrogens with two attached hydrogens (primary N) is 1. The first-order chi connectivity index (χ1) is 9.68. The van der Waals surface area contributed by atoms with Crippen molar-refractivity contribution < 1.29 is 0 Å². The molecule has 2 aromatic rings. The third-order valence-electron chi connectivity index (χ3n) is 4.53. The lowest BCUT2D eigenvalue weighted by Gasteiger charge is -2.36.